The van der Waals surface area contributed by atoms with Crippen molar-refractivity contribution >= 4 is 0 Å². The van der Waals surface area contributed by atoms with E-state index in [-0.39, 0.29) is 0 Å². The van der Waals surface area contributed by atoms with E-state index in [4.69, 9.17) is 0 Å². The number of likely N-dealkylation sites (tertiary alicyclic amines) is 1. The number of hydrogen-bond donors (Lipinski definition) is 1. The van der Waals surface area contributed by atoms with Crippen molar-refractivity contribution in [1.29, 1.82) is 0 Å². The lowest BCUT2D eigenvalue weighted by Crippen LogP contribution is -2.44. The third-order valence-electron chi connectivity index (χ3n) is 5.77. The maximum Gasteiger partial charge on any atom is 0.00681 e. The molecule has 2 heteroatoms. The van der Waals surface area contributed by atoms with Gasteiger partial charge in [-0.05, 0) is 76.4 Å². The van der Waals surface area contributed by atoms with Gasteiger partial charge in [-0.15, -0.1) is 0 Å². The summed E-state index contributed by atoms with van der Waals surface area (Å²) in [5.74, 6) is 1.73. The van der Waals surface area contributed by atoms with Gasteiger partial charge in [0.2, 0.25) is 0 Å². The van der Waals surface area contributed by atoms with Crippen molar-refractivity contribution < 1.29 is 0 Å². The summed E-state index contributed by atoms with van der Waals surface area (Å²) in [6, 6.07) is 0.702. The third-order valence-corrected chi connectivity index (χ3v) is 5.77. The predicted octanol–water partition coefficient (Wildman–Crippen LogP) is 3.91. The highest BCUT2D eigenvalue weighted by atomic mass is 15.1. The topological polar surface area (TPSA) is 15.3 Å². The van der Waals surface area contributed by atoms with Crippen molar-refractivity contribution in [1.82, 2.24) is 10.2 Å². The molecule has 0 aromatic rings. The van der Waals surface area contributed by atoms with Crippen LogP contribution in [0.15, 0.2) is 0 Å². The number of piperidine rings is 1. The molecule has 1 heterocycles. The fraction of sp³-hybridized carbons (Fsp3) is 1.00. The molecular weight excluding hydrogens is 244 g/mol. The van der Waals surface area contributed by atoms with E-state index in [1.54, 1.807) is 0 Å². The number of nitrogens with zero attached hydrogens (tertiary/aromatic N) is 1. The molecular formula is C18H36N2. The highest BCUT2D eigenvalue weighted by molar-refractivity contribution is 4.89. The molecule has 20 heavy (non-hydrogen) atoms. The molecule has 1 saturated heterocycles. The zero-order chi connectivity index (χ0) is 14.6. The summed E-state index contributed by atoms with van der Waals surface area (Å²) < 4.78 is 0. The van der Waals surface area contributed by atoms with Crippen LogP contribution in [0.25, 0.3) is 0 Å². The molecule has 2 rings (SSSR count). The second-order valence-electron chi connectivity index (χ2n) is 8.12. The summed E-state index contributed by atoms with van der Waals surface area (Å²) in [5.41, 5.74) is 0.619. The van der Waals surface area contributed by atoms with Gasteiger partial charge < -0.3 is 10.2 Å². The van der Waals surface area contributed by atoms with Gasteiger partial charge in [-0.3, -0.25) is 0 Å². The standard InChI is InChI=1S/C18H36N2/c1-15(2)13-18(9-5-6-10-18)14-19-16(3)17-7-11-20(4)12-8-17/h15-17,19H,5-14H2,1-4H3. The molecule has 118 valence electrons. The minimum absolute atomic E-state index is 0.619. The van der Waals surface area contributed by atoms with E-state index in [9.17, 15) is 0 Å². The molecule has 0 radical (unpaired) electrons. The smallest absolute Gasteiger partial charge is 0.00681 e. The molecule has 0 bridgehead atoms. The van der Waals surface area contributed by atoms with Crippen molar-refractivity contribution in [2.75, 3.05) is 26.7 Å². The minimum atomic E-state index is 0.619. The fourth-order valence-corrected chi connectivity index (χ4v) is 4.52. The summed E-state index contributed by atoms with van der Waals surface area (Å²) in [4.78, 5) is 2.47. The van der Waals surface area contributed by atoms with E-state index < -0.39 is 0 Å². The van der Waals surface area contributed by atoms with E-state index in [0.29, 0.717) is 11.5 Å². The highest BCUT2D eigenvalue weighted by Crippen LogP contribution is 2.42. The summed E-state index contributed by atoms with van der Waals surface area (Å²) in [6.07, 6.45) is 9.99. The van der Waals surface area contributed by atoms with Crippen LogP contribution in [0.5, 0.6) is 0 Å². The highest BCUT2D eigenvalue weighted by Gasteiger charge is 2.35. The van der Waals surface area contributed by atoms with Crippen molar-refractivity contribution in [2.45, 2.75) is 71.8 Å². The molecule has 0 spiro atoms. The van der Waals surface area contributed by atoms with Crippen molar-refractivity contribution in [3.05, 3.63) is 0 Å². The Morgan fingerprint density at radius 2 is 1.70 bits per heavy atom. The maximum atomic E-state index is 3.94. The van der Waals surface area contributed by atoms with E-state index in [2.05, 4.69) is 38.0 Å². The molecule has 1 unspecified atom stereocenters. The Morgan fingerprint density at radius 1 is 1.10 bits per heavy atom. The van der Waals surface area contributed by atoms with Crippen LogP contribution in [-0.4, -0.2) is 37.6 Å². The van der Waals surface area contributed by atoms with Gasteiger partial charge in [0, 0.05) is 12.6 Å². The van der Waals surface area contributed by atoms with Gasteiger partial charge in [0.15, 0.2) is 0 Å². The summed E-state index contributed by atoms with van der Waals surface area (Å²) in [5, 5.41) is 3.94. The van der Waals surface area contributed by atoms with Gasteiger partial charge >= 0.3 is 0 Å². The van der Waals surface area contributed by atoms with Crippen LogP contribution >= 0.6 is 0 Å². The number of hydrogen-bond acceptors (Lipinski definition) is 2. The molecule has 1 aliphatic carbocycles. The monoisotopic (exact) mass is 280 g/mol. The quantitative estimate of drug-likeness (QED) is 0.793. The predicted molar refractivity (Wildman–Crippen MR) is 88.0 cm³/mol. The molecule has 1 saturated carbocycles. The lowest BCUT2D eigenvalue weighted by atomic mass is 9.78. The molecule has 0 aromatic heterocycles. The first-order chi connectivity index (χ1) is 9.51. The Balaban J connectivity index is 1.80. The minimum Gasteiger partial charge on any atom is -0.313 e. The summed E-state index contributed by atoms with van der Waals surface area (Å²) in [7, 11) is 2.25. The number of nitrogens with one attached hydrogen (secondary N) is 1. The Bertz CT molecular complexity index is 273. The van der Waals surface area contributed by atoms with Crippen molar-refractivity contribution in [3.8, 4) is 0 Å². The Morgan fingerprint density at radius 3 is 2.25 bits per heavy atom. The molecule has 1 N–H and O–H groups in total. The van der Waals surface area contributed by atoms with Crippen LogP contribution < -0.4 is 5.32 Å². The van der Waals surface area contributed by atoms with Crippen LogP contribution in [0.2, 0.25) is 0 Å². The van der Waals surface area contributed by atoms with Crippen LogP contribution in [-0.2, 0) is 0 Å². The Kier molecular flexibility index (Phi) is 5.92. The van der Waals surface area contributed by atoms with Gasteiger partial charge in [-0.1, -0.05) is 26.7 Å². The zero-order valence-corrected chi connectivity index (χ0v) is 14.3. The first-order valence-electron chi connectivity index (χ1n) is 8.93. The Labute approximate surface area is 126 Å². The van der Waals surface area contributed by atoms with Gasteiger partial charge in [0.25, 0.3) is 0 Å². The van der Waals surface area contributed by atoms with Crippen LogP contribution in [0, 0.1) is 17.3 Å². The first-order valence-corrected chi connectivity index (χ1v) is 8.93. The normalized spacial score (nSPS) is 26.2. The van der Waals surface area contributed by atoms with Gasteiger partial charge in [0.05, 0.1) is 0 Å². The lowest BCUT2D eigenvalue weighted by Gasteiger charge is -2.37. The van der Waals surface area contributed by atoms with E-state index in [1.165, 1.54) is 64.6 Å². The van der Waals surface area contributed by atoms with Gasteiger partial charge in [-0.2, -0.15) is 0 Å². The molecule has 1 aliphatic heterocycles. The largest absolute Gasteiger partial charge is 0.313 e. The molecule has 0 aromatic carbocycles. The Hall–Kier alpha value is -0.0800. The fourth-order valence-electron chi connectivity index (χ4n) is 4.52. The molecule has 1 atom stereocenters. The van der Waals surface area contributed by atoms with Crippen molar-refractivity contribution in [3.63, 3.8) is 0 Å². The zero-order valence-electron chi connectivity index (χ0n) is 14.3. The first kappa shape index (κ1) is 16.3. The average Bonchev–Trinajstić information content (AvgIpc) is 2.85. The SMILES string of the molecule is CC(C)CC1(CNC(C)C2CCN(C)CC2)CCCC1. The third kappa shape index (κ3) is 4.46. The average molecular weight is 280 g/mol. The van der Waals surface area contributed by atoms with Gasteiger partial charge in [0.1, 0.15) is 0 Å². The maximum absolute atomic E-state index is 3.94. The van der Waals surface area contributed by atoms with E-state index in [0.717, 1.165) is 11.8 Å². The van der Waals surface area contributed by atoms with Crippen LogP contribution in [0.4, 0.5) is 0 Å². The van der Waals surface area contributed by atoms with E-state index in [1.807, 2.05) is 0 Å². The lowest BCUT2D eigenvalue weighted by molar-refractivity contribution is 0.166. The van der Waals surface area contributed by atoms with Crippen LogP contribution in [0.1, 0.15) is 65.7 Å². The van der Waals surface area contributed by atoms with E-state index >= 15 is 0 Å². The summed E-state index contributed by atoms with van der Waals surface area (Å²) in [6.45, 7) is 11.0. The summed E-state index contributed by atoms with van der Waals surface area (Å²) >= 11 is 0. The second-order valence-corrected chi connectivity index (χ2v) is 8.12. The molecule has 2 nitrogen and oxygen atoms in total. The second kappa shape index (κ2) is 7.26. The molecule has 2 aliphatic rings. The molecule has 2 fully saturated rings. The van der Waals surface area contributed by atoms with Gasteiger partial charge in [-0.25, -0.2) is 0 Å². The van der Waals surface area contributed by atoms with Crippen molar-refractivity contribution in [2.24, 2.45) is 17.3 Å². The number of rotatable bonds is 6. The molecule has 0 amide bonds. The van der Waals surface area contributed by atoms with Crippen LogP contribution in [0.3, 0.4) is 0 Å².